The van der Waals surface area contributed by atoms with Crippen molar-refractivity contribution in [3.05, 3.63) is 30.6 Å². The Kier molecular flexibility index (Phi) is 2.33. The van der Waals surface area contributed by atoms with Crippen LogP contribution in [0.15, 0.2) is 30.6 Å². The van der Waals surface area contributed by atoms with Crippen molar-refractivity contribution in [2.45, 2.75) is 19.9 Å². The van der Waals surface area contributed by atoms with Gasteiger partial charge in [-0.25, -0.2) is 4.98 Å². The van der Waals surface area contributed by atoms with Gasteiger partial charge in [-0.2, -0.15) is 5.10 Å². The van der Waals surface area contributed by atoms with Gasteiger partial charge in [0.25, 0.3) is 0 Å². The first-order valence-corrected chi connectivity index (χ1v) is 5.93. The minimum Gasteiger partial charge on any atom is -0.382 e. The van der Waals surface area contributed by atoms with Crippen LogP contribution >= 0.6 is 0 Å². The topological polar surface area (TPSA) is 72.5 Å². The molecule has 0 bridgehead atoms. The normalized spacial score (nSPS) is 11.5. The Hall–Kier alpha value is -2.30. The molecule has 92 valence electrons. The fraction of sp³-hybridized carbons (Fsp3) is 0.231. The summed E-state index contributed by atoms with van der Waals surface area (Å²) in [6.07, 6.45) is 1.88. The average molecular weight is 241 g/mol. The standard InChI is InChI=1S/C13H15N5/c1-8(2)18-7-15-11-5-9(3-4-12(11)18)10-6-13(14)17-16-10/h3-8H,1-2H3,(H3,14,16,17). The number of fused-ring (bicyclic) bond motifs is 1. The quantitative estimate of drug-likeness (QED) is 0.724. The van der Waals surface area contributed by atoms with E-state index in [1.165, 1.54) is 0 Å². The summed E-state index contributed by atoms with van der Waals surface area (Å²) in [4.78, 5) is 4.43. The molecular weight excluding hydrogens is 226 g/mol. The van der Waals surface area contributed by atoms with Gasteiger partial charge in [-0.3, -0.25) is 5.10 Å². The molecule has 2 heterocycles. The molecule has 0 aliphatic carbocycles. The van der Waals surface area contributed by atoms with Crippen molar-refractivity contribution in [3.63, 3.8) is 0 Å². The third-order valence-electron chi connectivity index (χ3n) is 3.04. The van der Waals surface area contributed by atoms with E-state index in [1.54, 1.807) is 0 Å². The minimum absolute atomic E-state index is 0.406. The lowest BCUT2D eigenvalue weighted by molar-refractivity contribution is 0.617. The number of aromatic nitrogens is 4. The van der Waals surface area contributed by atoms with Crippen molar-refractivity contribution in [3.8, 4) is 11.3 Å². The van der Waals surface area contributed by atoms with Gasteiger partial charge in [-0.1, -0.05) is 6.07 Å². The van der Waals surface area contributed by atoms with Crippen LogP contribution in [-0.4, -0.2) is 19.7 Å². The van der Waals surface area contributed by atoms with Gasteiger partial charge in [0.05, 0.1) is 23.1 Å². The summed E-state index contributed by atoms with van der Waals surface area (Å²) >= 11 is 0. The predicted molar refractivity (Wildman–Crippen MR) is 72.1 cm³/mol. The van der Waals surface area contributed by atoms with E-state index in [-0.39, 0.29) is 0 Å². The van der Waals surface area contributed by atoms with E-state index in [0.717, 1.165) is 22.3 Å². The molecular formula is C13H15N5. The first-order valence-electron chi connectivity index (χ1n) is 5.93. The van der Waals surface area contributed by atoms with Gasteiger partial charge in [0.1, 0.15) is 5.82 Å². The number of hydrogen-bond donors (Lipinski definition) is 2. The number of hydrogen-bond acceptors (Lipinski definition) is 3. The van der Waals surface area contributed by atoms with E-state index in [1.807, 2.05) is 18.5 Å². The zero-order valence-electron chi connectivity index (χ0n) is 10.4. The van der Waals surface area contributed by atoms with E-state index in [9.17, 15) is 0 Å². The van der Waals surface area contributed by atoms with Gasteiger partial charge in [-0.05, 0) is 26.0 Å². The highest BCUT2D eigenvalue weighted by Crippen LogP contribution is 2.24. The number of benzene rings is 1. The lowest BCUT2D eigenvalue weighted by atomic mass is 10.1. The summed E-state index contributed by atoms with van der Waals surface area (Å²) in [5, 5.41) is 6.84. The lowest BCUT2D eigenvalue weighted by Crippen LogP contribution is -1.97. The second-order valence-electron chi connectivity index (χ2n) is 4.66. The summed E-state index contributed by atoms with van der Waals surface area (Å²) in [6.45, 7) is 4.29. The summed E-state index contributed by atoms with van der Waals surface area (Å²) < 4.78 is 2.15. The molecule has 0 fully saturated rings. The van der Waals surface area contributed by atoms with Crippen LogP contribution in [0.5, 0.6) is 0 Å². The van der Waals surface area contributed by atoms with Gasteiger partial charge in [0.15, 0.2) is 0 Å². The highest BCUT2D eigenvalue weighted by atomic mass is 15.2. The van der Waals surface area contributed by atoms with E-state index < -0.39 is 0 Å². The van der Waals surface area contributed by atoms with Gasteiger partial charge < -0.3 is 10.3 Å². The highest BCUT2D eigenvalue weighted by molar-refractivity contribution is 5.81. The smallest absolute Gasteiger partial charge is 0.145 e. The Morgan fingerprint density at radius 2 is 2.11 bits per heavy atom. The predicted octanol–water partition coefficient (Wildman–Crippen LogP) is 2.59. The first kappa shape index (κ1) is 10.8. The number of nitrogen functional groups attached to an aromatic ring is 1. The zero-order chi connectivity index (χ0) is 12.7. The summed E-state index contributed by atoms with van der Waals surface area (Å²) in [5.41, 5.74) is 9.68. The molecule has 5 heteroatoms. The number of imidazole rings is 1. The van der Waals surface area contributed by atoms with E-state index in [0.29, 0.717) is 11.9 Å². The largest absolute Gasteiger partial charge is 0.382 e. The third-order valence-corrected chi connectivity index (χ3v) is 3.04. The van der Waals surface area contributed by atoms with Crippen LogP contribution in [0, 0.1) is 0 Å². The number of aromatic amines is 1. The maximum absolute atomic E-state index is 5.61. The van der Waals surface area contributed by atoms with Crippen LogP contribution in [0.25, 0.3) is 22.3 Å². The van der Waals surface area contributed by atoms with Crippen LogP contribution in [0.4, 0.5) is 5.82 Å². The first-order chi connectivity index (χ1) is 8.65. The molecule has 0 saturated carbocycles. The number of rotatable bonds is 2. The summed E-state index contributed by atoms with van der Waals surface area (Å²) in [7, 11) is 0. The maximum atomic E-state index is 5.61. The molecule has 3 aromatic rings. The van der Waals surface area contributed by atoms with Crippen LogP contribution in [-0.2, 0) is 0 Å². The van der Waals surface area contributed by atoms with Crippen LogP contribution in [0.3, 0.4) is 0 Å². The van der Waals surface area contributed by atoms with E-state index >= 15 is 0 Å². The Bertz CT molecular complexity index is 692. The molecule has 0 radical (unpaired) electrons. The number of nitrogens with one attached hydrogen (secondary N) is 1. The van der Waals surface area contributed by atoms with Gasteiger partial charge in [0.2, 0.25) is 0 Å². The Labute approximate surface area is 105 Å². The fourth-order valence-electron chi connectivity index (χ4n) is 2.10. The van der Waals surface area contributed by atoms with Gasteiger partial charge >= 0.3 is 0 Å². The van der Waals surface area contributed by atoms with Gasteiger partial charge in [-0.15, -0.1) is 0 Å². The van der Waals surface area contributed by atoms with Crippen molar-refractivity contribution in [2.24, 2.45) is 0 Å². The molecule has 0 amide bonds. The summed E-state index contributed by atoms with van der Waals surface area (Å²) in [5.74, 6) is 0.498. The van der Waals surface area contributed by atoms with Crippen molar-refractivity contribution < 1.29 is 0 Å². The van der Waals surface area contributed by atoms with Crippen molar-refractivity contribution in [2.75, 3.05) is 5.73 Å². The molecule has 1 aromatic carbocycles. The molecule has 5 nitrogen and oxygen atoms in total. The molecule has 18 heavy (non-hydrogen) atoms. The van der Waals surface area contributed by atoms with Crippen molar-refractivity contribution in [1.82, 2.24) is 19.7 Å². The molecule has 3 rings (SSSR count). The Balaban J connectivity index is 2.12. The molecule has 0 aliphatic rings. The molecule has 0 spiro atoms. The number of nitrogens with zero attached hydrogens (tertiary/aromatic N) is 3. The molecule has 0 saturated heterocycles. The fourth-order valence-corrected chi connectivity index (χ4v) is 2.10. The Morgan fingerprint density at radius 3 is 2.78 bits per heavy atom. The van der Waals surface area contributed by atoms with Crippen LogP contribution in [0.1, 0.15) is 19.9 Å². The van der Waals surface area contributed by atoms with Crippen molar-refractivity contribution in [1.29, 1.82) is 0 Å². The molecule has 0 aliphatic heterocycles. The average Bonchev–Trinajstić information content (AvgIpc) is 2.93. The number of H-pyrrole nitrogens is 1. The monoisotopic (exact) mass is 241 g/mol. The molecule has 3 N–H and O–H groups in total. The lowest BCUT2D eigenvalue weighted by Gasteiger charge is -2.07. The Morgan fingerprint density at radius 1 is 1.28 bits per heavy atom. The molecule has 0 atom stereocenters. The van der Waals surface area contributed by atoms with Crippen molar-refractivity contribution >= 4 is 16.9 Å². The van der Waals surface area contributed by atoms with Crippen LogP contribution in [0.2, 0.25) is 0 Å². The maximum Gasteiger partial charge on any atom is 0.145 e. The zero-order valence-corrected chi connectivity index (χ0v) is 10.4. The van der Waals surface area contributed by atoms with Crippen LogP contribution < -0.4 is 5.73 Å². The second kappa shape index (κ2) is 3.87. The number of nitrogens with two attached hydrogens (primary N) is 1. The van der Waals surface area contributed by atoms with Gasteiger partial charge in [0, 0.05) is 17.7 Å². The minimum atomic E-state index is 0.406. The van der Waals surface area contributed by atoms with E-state index in [4.69, 9.17) is 5.73 Å². The summed E-state index contributed by atoms with van der Waals surface area (Å²) in [6, 6.07) is 8.40. The number of anilines is 1. The molecule has 0 unspecified atom stereocenters. The highest BCUT2D eigenvalue weighted by Gasteiger charge is 2.08. The van der Waals surface area contributed by atoms with E-state index in [2.05, 4.69) is 45.7 Å². The SMILES string of the molecule is CC(C)n1cnc2cc(-c3cc(N)n[nH]3)ccc21. The second-order valence-corrected chi connectivity index (χ2v) is 4.66. The third kappa shape index (κ3) is 1.64. The molecule has 2 aromatic heterocycles.